The van der Waals surface area contributed by atoms with Crippen LogP contribution in [0.3, 0.4) is 0 Å². The Labute approximate surface area is 117 Å². The van der Waals surface area contributed by atoms with E-state index in [4.69, 9.17) is 10.5 Å². The van der Waals surface area contributed by atoms with Gasteiger partial charge in [-0.05, 0) is 24.3 Å². The van der Waals surface area contributed by atoms with Gasteiger partial charge in [-0.3, -0.25) is 4.79 Å². The molecule has 0 spiro atoms. The van der Waals surface area contributed by atoms with E-state index in [1.54, 1.807) is 12.4 Å². The van der Waals surface area contributed by atoms with E-state index in [1.165, 1.54) is 6.33 Å². The summed E-state index contributed by atoms with van der Waals surface area (Å²) in [6.07, 6.45) is 5.25. The Kier molecular flexibility index (Phi) is 4.88. The van der Waals surface area contributed by atoms with Crippen LogP contribution in [0, 0.1) is 0 Å². The van der Waals surface area contributed by atoms with Crippen LogP contribution in [0.25, 0.3) is 0 Å². The normalized spacial score (nSPS) is 10.0. The number of carbonyl (C=O) groups is 1. The van der Waals surface area contributed by atoms with Gasteiger partial charge >= 0.3 is 0 Å². The van der Waals surface area contributed by atoms with Crippen molar-refractivity contribution in [1.29, 1.82) is 0 Å². The molecule has 0 saturated heterocycles. The molecule has 3 N–H and O–H groups in total. The van der Waals surface area contributed by atoms with Crippen LogP contribution in [0.5, 0.6) is 5.75 Å². The molecule has 0 aliphatic rings. The zero-order valence-electron chi connectivity index (χ0n) is 11.0. The summed E-state index contributed by atoms with van der Waals surface area (Å²) in [7, 11) is 0. The average Bonchev–Trinajstić information content (AvgIpc) is 2.47. The summed E-state index contributed by atoms with van der Waals surface area (Å²) in [5.41, 5.74) is 7.01. The van der Waals surface area contributed by atoms with Gasteiger partial charge in [0.15, 0.2) is 0 Å². The fourth-order valence-electron chi connectivity index (χ4n) is 1.56. The summed E-state index contributed by atoms with van der Waals surface area (Å²) in [6, 6.07) is 7.49. The first-order valence-corrected chi connectivity index (χ1v) is 6.23. The van der Waals surface area contributed by atoms with E-state index in [1.807, 2.05) is 24.3 Å². The summed E-state index contributed by atoms with van der Waals surface area (Å²) in [4.78, 5) is 18.5. The Morgan fingerprint density at radius 1 is 1.20 bits per heavy atom. The third-order valence-corrected chi connectivity index (χ3v) is 2.58. The Balaban J connectivity index is 1.81. The Morgan fingerprint density at radius 3 is 2.55 bits per heavy atom. The van der Waals surface area contributed by atoms with Gasteiger partial charge in [-0.25, -0.2) is 9.97 Å². The highest BCUT2D eigenvalue weighted by Crippen LogP contribution is 2.16. The van der Waals surface area contributed by atoms with Crippen LogP contribution in [0.15, 0.2) is 43.0 Å². The van der Waals surface area contributed by atoms with E-state index in [-0.39, 0.29) is 12.3 Å². The number of ether oxygens (including phenoxy) is 1. The van der Waals surface area contributed by atoms with Crippen molar-refractivity contribution in [2.75, 3.05) is 11.9 Å². The number of hydrogen-bond acceptors (Lipinski definition) is 5. The van der Waals surface area contributed by atoms with Gasteiger partial charge in [-0.2, -0.15) is 0 Å². The fourth-order valence-corrected chi connectivity index (χ4v) is 1.56. The number of hydrogen-bond donors (Lipinski definition) is 2. The minimum Gasteiger partial charge on any atom is -0.493 e. The van der Waals surface area contributed by atoms with E-state index in [9.17, 15) is 4.79 Å². The predicted octanol–water partition coefficient (Wildman–Crippen LogP) is 1.34. The molecule has 6 nitrogen and oxygen atoms in total. The number of nitrogens with two attached hydrogens (primary N) is 1. The molecule has 0 atom stereocenters. The zero-order valence-corrected chi connectivity index (χ0v) is 11.0. The minimum absolute atomic E-state index is 0.216. The van der Waals surface area contributed by atoms with Crippen LogP contribution in [0.1, 0.15) is 12.0 Å². The van der Waals surface area contributed by atoms with Gasteiger partial charge in [0.2, 0.25) is 5.91 Å². The molecular weight excluding hydrogens is 256 g/mol. The number of anilines is 1. The second-order valence-corrected chi connectivity index (χ2v) is 4.19. The summed E-state index contributed by atoms with van der Waals surface area (Å²) in [5, 5.41) is 3.25. The zero-order chi connectivity index (χ0) is 14.2. The van der Waals surface area contributed by atoms with Crippen LogP contribution >= 0.6 is 0 Å². The number of aromatic nitrogens is 2. The van der Waals surface area contributed by atoms with Gasteiger partial charge in [-0.1, -0.05) is 0 Å². The van der Waals surface area contributed by atoms with Crippen LogP contribution in [0.4, 0.5) is 5.69 Å². The number of benzene rings is 1. The maximum Gasteiger partial charge on any atom is 0.220 e. The maximum atomic E-state index is 10.6. The number of amides is 1. The molecule has 0 aliphatic carbocycles. The van der Waals surface area contributed by atoms with Crippen molar-refractivity contribution in [1.82, 2.24) is 9.97 Å². The van der Waals surface area contributed by atoms with Crippen LogP contribution in [0.2, 0.25) is 0 Å². The van der Waals surface area contributed by atoms with Gasteiger partial charge in [-0.15, -0.1) is 0 Å². The van der Waals surface area contributed by atoms with Crippen molar-refractivity contribution < 1.29 is 9.53 Å². The second-order valence-electron chi connectivity index (χ2n) is 4.19. The summed E-state index contributed by atoms with van der Waals surface area (Å²) < 4.78 is 5.39. The molecule has 20 heavy (non-hydrogen) atoms. The summed E-state index contributed by atoms with van der Waals surface area (Å²) >= 11 is 0. The van der Waals surface area contributed by atoms with Crippen molar-refractivity contribution in [2.24, 2.45) is 5.73 Å². The standard InChI is InChI=1S/C14H16N4O2/c15-14(19)5-6-20-13-3-1-12(2-4-13)18-9-11-7-16-10-17-8-11/h1-4,7-8,10,18H,5-6,9H2,(H2,15,19). The number of nitrogens with one attached hydrogen (secondary N) is 1. The third-order valence-electron chi connectivity index (χ3n) is 2.58. The first-order valence-electron chi connectivity index (χ1n) is 6.23. The van der Waals surface area contributed by atoms with Crippen molar-refractivity contribution in [3.8, 4) is 5.75 Å². The highest BCUT2D eigenvalue weighted by atomic mass is 16.5. The third kappa shape index (κ3) is 4.56. The number of carbonyl (C=O) groups excluding carboxylic acids is 1. The molecule has 2 rings (SSSR count). The van der Waals surface area contributed by atoms with E-state index in [0.29, 0.717) is 18.9 Å². The minimum atomic E-state index is -0.367. The largest absolute Gasteiger partial charge is 0.493 e. The predicted molar refractivity (Wildman–Crippen MR) is 75.1 cm³/mol. The summed E-state index contributed by atoms with van der Waals surface area (Å²) in [6.45, 7) is 0.951. The molecule has 0 aliphatic heterocycles. The molecular formula is C14H16N4O2. The molecule has 0 fully saturated rings. The molecule has 6 heteroatoms. The smallest absolute Gasteiger partial charge is 0.220 e. The fraction of sp³-hybridized carbons (Fsp3) is 0.214. The highest BCUT2D eigenvalue weighted by molar-refractivity contribution is 5.73. The lowest BCUT2D eigenvalue weighted by Gasteiger charge is -2.08. The van der Waals surface area contributed by atoms with Gasteiger partial charge in [0.05, 0.1) is 13.0 Å². The lowest BCUT2D eigenvalue weighted by molar-refractivity contribution is -0.118. The molecule has 1 aromatic heterocycles. The molecule has 1 aromatic carbocycles. The average molecular weight is 272 g/mol. The van der Waals surface area contributed by atoms with E-state index in [0.717, 1.165) is 11.3 Å². The quantitative estimate of drug-likeness (QED) is 0.794. The highest BCUT2D eigenvalue weighted by Gasteiger charge is 1.98. The molecule has 1 amide bonds. The number of primary amides is 1. The van der Waals surface area contributed by atoms with Crippen molar-refractivity contribution in [3.63, 3.8) is 0 Å². The topological polar surface area (TPSA) is 90.1 Å². The molecule has 1 heterocycles. The monoisotopic (exact) mass is 272 g/mol. The first kappa shape index (κ1) is 13.8. The first-order chi connectivity index (χ1) is 9.74. The summed E-state index contributed by atoms with van der Waals surface area (Å²) in [5.74, 6) is 0.341. The Morgan fingerprint density at radius 2 is 1.90 bits per heavy atom. The molecule has 2 aromatic rings. The van der Waals surface area contributed by atoms with E-state index < -0.39 is 0 Å². The number of rotatable bonds is 7. The lowest BCUT2D eigenvalue weighted by atomic mass is 10.3. The molecule has 0 saturated carbocycles. The van der Waals surface area contributed by atoms with Gasteiger partial charge in [0.1, 0.15) is 12.1 Å². The van der Waals surface area contributed by atoms with E-state index >= 15 is 0 Å². The van der Waals surface area contributed by atoms with Gasteiger partial charge < -0.3 is 15.8 Å². The molecule has 0 radical (unpaired) electrons. The SMILES string of the molecule is NC(=O)CCOc1ccc(NCc2cncnc2)cc1. The second kappa shape index (κ2) is 7.08. The number of nitrogens with zero attached hydrogens (tertiary/aromatic N) is 2. The van der Waals surface area contributed by atoms with Crippen LogP contribution in [-0.2, 0) is 11.3 Å². The van der Waals surface area contributed by atoms with Crippen molar-refractivity contribution in [2.45, 2.75) is 13.0 Å². The molecule has 0 bridgehead atoms. The van der Waals surface area contributed by atoms with Crippen molar-refractivity contribution in [3.05, 3.63) is 48.5 Å². The van der Waals surface area contributed by atoms with Gasteiger partial charge in [0.25, 0.3) is 0 Å². The Hall–Kier alpha value is -2.63. The van der Waals surface area contributed by atoms with Crippen LogP contribution < -0.4 is 15.8 Å². The van der Waals surface area contributed by atoms with Crippen LogP contribution in [-0.4, -0.2) is 22.5 Å². The van der Waals surface area contributed by atoms with E-state index in [2.05, 4.69) is 15.3 Å². The van der Waals surface area contributed by atoms with Crippen molar-refractivity contribution >= 4 is 11.6 Å². The molecule has 104 valence electrons. The maximum absolute atomic E-state index is 10.6. The van der Waals surface area contributed by atoms with Gasteiger partial charge in [0, 0.05) is 30.2 Å². The Bertz CT molecular complexity index is 543. The lowest BCUT2D eigenvalue weighted by Crippen LogP contribution is -2.14. The molecule has 0 unspecified atom stereocenters.